The van der Waals surface area contributed by atoms with Crippen molar-refractivity contribution in [2.24, 2.45) is 7.05 Å². The Hall–Kier alpha value is -1.58. The maximum atomic E-state index is 11.5. The largest absolute Gasteiger partial charge is 0.357 e. The van der Waals surface area contributed by atoms with Crippen molar-refractivity contribution in [3.8, 4) is 0 Å². The Labute approximate surface area is 88.5 Å². The van der Waals surface area contributed by atoms with Gasteiger partial charge in [-0.25, -0.2) is 0 Å². The van der Waals surface area contributed by atoms with Crippen molar-refractivity contribution >= 4 is 11.7 Å². The van der Waals surface area contributed by atoms with Crippen LogP contribution in [0.15, 0.2) is 18.5 Å². The standard InChI is InChI=1S/C11H14N2O2/c1-12-4-2-9(7-12)8-13-5-3-10(14)6-11(13)15/h2,4,7H,3,5-6,8H2,1H3. The van der Waals surface area contributed by atoms with E-state index >= 15 is 0 Å². The minimum absolute atomic E-state index is 0.0462. The lowest BCUT2D eigenvalue weighted by Crippen LogP contribution is -2.38. The number of rotatable bonds is 2. The Bertz CT molecular complexity index is 395. The third-order valence-corrected chi connectivity index (χ3v) is 2.63. The number of carbonyl (C=O) groups excluding carboxylic acids is 2. The number of aromatic nitrogens is 1. The number of amides is 1. The summed E-state index contributed by atoms with van der Waals surface area (Å²) in [5.74, 6) is 0.0133. The monoisotopic (exact) mass is 206 g/mol. The van der Waals surface area contributed by atoms with Crippen LogP contribution in [0, 0.1) is 0 Å². The summed E-state index contributed by atoms with van der Waals surface area (Å²) < 4.78 is 1.95. The van der Waals surface area contributed by atoms with Crippen molar-refractivity contribution in [3.63, 3.8) is 0 Å². The molecule has 1 amide bonds. The predicted molar refractivity (Wildman–Crippen MR) is 55.1 cm³/mol. The van der Waals surface area contributed by atoms with E-state index in [4.69, 9.17) is 0 Å². The van der Waals surface area contributed by atoms with Gasteiger partial charge in [0.05, 0.1) is 6.42 Å². The fourth-order valence-electron chi connectivity index (χ4n) is 1.80. The van der Waals surface area contributed by atoms with Crippen molar-refractivity contribution in [2.75, 3.05) is 6.54 Å². The fraction of sp³-hybridized carbons (Fsp3) is 0.455. The van der Waals surface area contributed by atoms with Gasteiger partial charge in [-0.2, -0.15) is 0 Å². The Morgan fingerprint density at radius 2 is 2.20 bits per heavy atom. The van der Waals surface area contributed by atoms with E-state index < -0.39 is 0 Å². The van der Waals surface area contributed by atoms with Crippen LogP contribution in [0.1, 0.15) is 18.4 Å². The van der Waals surface area contributed by atoms with E-state index in [0.29, 0.717) is 19.5 Å². The quantitative estimate of drug-likeness (QED) is 0.669. The SMILES string of the molecule is Cn1ccc(CN2CCC(=O)CC2=O)c1. The molecule has 0 saturated carbocycles. The average molecular weight is 206 g/mol. The van der Waals surface area contributed by atoms with Gasteiger partial charge in [-0.1, -0.05) is 0 Å². The van der Waals surface area contributed by atoms with Crippen LogP contribution < -0.4 is 0 Å². The number of ketones is 1. The van der Waals surface area contributed by atoms with Gasteiger partial charge < -0.3 is 9.47 Å². The topological polar surface area (TPSA) is 42.3 Å². The maximum Gasteiger partial charge on any atom is 0.230 e. The van der Waals surface area contributed by atoms with Crippen LogP contribution in [0.4, 0.5) is 0 Å². The third-order valence-electron chi connectivity index (χ3n) is 2.63. The summed E-state index contributed by atoms with van der Waals surface area (Å²) in [6.07, 6.45) is 4.52. The lowest BCUT2D eigenvalue weighted by molar-refractivity contribution is -0.139. The summed E-state index contributed by atoms with van der Waals surface area (Å²) in [5.41, 5.74) is 1.11. The highest BCUT2D eigenvalue weighted by molar-refractivity contribution is 6.00. The molecule has 4 nitrogen and oxygen atoms in total. The molecule has 15 heavy (non-hydrogen) atoms. The molecular formula is C11H14N2O2. The molecule has 0 bridgehead atoms. The molecule has 0 aromatic carbocycles. The normalized spacial score (nSPS) is 17.3. The lowest BCUT2D eigenvalue weighted by atomic mass is 10.1. The van der Waals surface area contributed by atoms with Crippen LogP contribution in [-0.2, 0) is 23.2 Å². The number of hydrogen-bond donors (Lipinski definition) is 0. The van der Waals surface area contributed by atoms with E-state index in [0.717, 1.165) is 5.56 Å². The summed E-state index contributed by atoms with van der Waals surface area (Å²) in [4.78, 5) is 24.3. The molecule has 4 heteroatoms. The third kappa shape index (κ3) is 2.26. The first-order valence-corrected chi connectivity index (χ1v) is 5.05. The number of aryl methyl sites for hydroxylation is 1. The van der Waals surface area contributed by atoms with E-state index in [9.17, 15) is 9.59 Å². The molecule has 0 radical (unpaired) electrons. The number of carbonyl (C=O) groups is 2. The molecule has 80 valence electrons. The second kappa shape index (κ2) is 3.88. The van der Waals surface area contributed by atoms with Gasteiger partial charge in [-0.15, -0.1) is 0 Å². The molecule has 0 spiro atoms. The van der Waals surface area contributed by atoms with Crippen LogP contribution in [0.5, 0.6) is 0 Å². The molecule has 2 heterocycles. The van der Waals surface area contributed by atoms with Gasteiger partial charge in [0.15, 0.2) is 0 Å². The predicted octanol–water partition coefficient (Wildman–Crippen LogP) is 0.717. The van der Waals surface area contributed by atoms with Crippen LogP contribution in [0.3, 0.4) is 0 Å². The second-order valence-electron chi connectivity index (χ2n) is 3.97. The van der Waals surface area contributed by atoms with Crippen molar-refractivity contribution in [1.82, 2.24) is 9.47 Å². The van der Waals surface area contributed by atoms with Crippen molar-refractivity contribution in [2.45, 2.75) is 19.4 Å². The lowest BCUT2D eigenvalue weighted by Gasteiger charge is -2.25. The fourth-order valence-corrected chi connectivity index (χ4v) is 1.80. The van der Waals surface area contributed by atoms with Gasteiger partial charge in [0.25, 0.3) is 0 Å². The zero-order valence-electron chi connectivity index (χ0n) is 8.77. The van der Waals surface area contributed by atoms with Gasteiger partial charge in [0.1, 0.15) is 5.78 Å². The molecule has 1 aliphatic rings. The summed E-state index contributed by atoms with van der Waals surface area (Å²) in [7, 11) is 1.95. The highest BCUT2D eigenvalue weighted by Crippen LogP contribution is 2.12. The number of nitrogens with zero attached hydrogens (tertiary/aromatic N) is 2. The Morgan fingerprint density at radius 1 is 1.40 bits per heavy atom. The first-order chi connectivity index (χ1) is 7.15. The van der Waals surface area contributed by atoms with E-state index in [1.807, 2.05) is 30.1 Å². The van der Waals surface area contributed by atoms with E-state index in [1.165, 1.54) is 0 Å². The molecule has 1 aliphatic heterocycles. The van der Waals surface area contributed by atoms with Gasteiger partial charge in [0.2, 0.25) is 5.91 Å². The minimum atomic E-state index is -0.0462. The Kier molecular flexibility index (Phi) is 2.58. The number of hydrogen-bond acceptors (Lipinski definition) is 2. The second-order valence-corrected chi connectivity index (χ2v) is 3.97. The van der Waals surface area contributed by atoms with Gasteiger partial charge in [-0.05, 0) is 11.6 Å². The van der Waals surface area contributed by atoms with Crippen molar-refractivity contribution in [3.05, 3.63) is 24.0 Å². The molecule has 0 aliphatic carbocycles. The Morgan fingerprint density at radius 3 is 2.80 bits per heavy atom. The van der Waals surface area contributed by atoms with Crippen LogP contribution in [-0.4, -0.2) is 27.7 Å². The van der Waals surface area contributed by atoms with Crippen LogP contribution in [0.2, 0.25) is 0 Å². The molecule has 1 aromatic heterocycles. The zero-order chi connectivity index (χ0) is 10.8. The summed E-state index contributed by atoms with van der Waals surface area (Å²) >= 11 is 0. The summed E-state index contributed by atoms with van der Waals surface area (Å²) in [5, 5.41) is 0. The van der Waals surface area contributed by atoms with E-state index in [1.54, 1.807) is 4.90 Å². The minimum Gasteiger partial charge on any atom is -0.357 e. The van der Waals surface area contributed by atoms with Crippen molar-refractivity contribution < 1.29 is 9.59 Å². The summed E-state index contributed by atoms with van der Waals surface area (Å²) in [6, 6.07) is 1.99. The molecule has 0 N–H and O–H groups in total. The first-order valence-electron chi connectivity index (χ1n) is 5.05. The molecule has 1 saturated heterocycles. The number of piperidine rings is 1. The molecule has 2 rings (SSSR count). The zero-order valence-corrected chi connectivity index (χ0v) is 8.77. The van der Waals surface area contributed by atoms with Crippen LogP contribution in [0.25, 0.3) is 0 Å². The molecule has 1 fully saturated rings. The highest BCUT2D eigenvalue weighted by atomic mass is 16.2. The first kappa shape index (κ1) is 9.96. The molecule has 0 unspecified atom stereocenters. The van der Waals surface area contributed by atoms with Crippen molar-refractivity contribution in [1.29, 1.82) is 0 Å². The van der Waals surface area contributed by atoms with E-state index in [2.05, 4.69) is 0 Å². The summed E-state index contributed by atoms with van der Waals surface area (Å²) in [6.45, 7) is 1.18. The Balaban J connectivity index is 2.00. The molecular weight excluding hydrogens is 192 g/mol. The van der Waals surface area contributed by atoms with Gasteiger partial charge in [0, 0.05) is 39.0 Å². The maximum absolute atomic E-state index is 11.5. The molecule has 0 atom stereocenters. The highest BCUT2D eigenvalue weighted by Gasteiger charge is 2.23. The van der Waals surface area contributed by atoms with Gasteiger partial charge in [-0.3, -0.25) is 9.59 Å². The average Bonchev–Trinajstić information content (AvgIpc) is 2.56. The molecule has 1 aromatic rings. The van der Waals surface area contributed by atoms with Gasteiger partial charge >= 0.3 is 0 Å². The van der Waals surface area contributed by atoms with Crippen LogP contribution >= 0.6 is 0 Å². The number of likely N-dealkylation sites (tertiary alicyclic amines) is 1. The smallest absolute Gasteiger partial charge is 0.230 e. The number of Topliss-reactive ketones (excluding diaryl/α,β-unsaturated/α-hetero) is 1. The van der Waals surface area contributed by atoms with E-state index in [-0.39, 0.29) is 18.1 Å².